The van der Waals surface area contributed by atoms with Gasteiger partial charge in [-0.2, -0.15) is 0 Å². The smallest absolute Gasteiger partial charge is 0.316 e. The monoisotopic (exact) mass is 564 g/mol. The molecule has 3 aromatic carbocycles. The first-order chi connectivity index (χ1) is 18.4. The number of anilines is 2. The number of hydrogen-bond acceptors (Lipinski definition) is 2. The summed E-state index contributed by atoms with van der Waals surface area (Å²) in [4.78, 5) is 31.0. The molecule has 192 valence electrons. The Labute approximate surface area is 235 Å². The van der Waals surface area contributed by atoms with Gasteiger partial charge in [-0.15, -0.1) is 0 Å². The predicted octanol–water partition coefficient (Wildman–Crippen LogP) is 7.57. The number of aromatic nitrogens is 1. The minimum atomic E-state index is -0.389. The first-order valence-corrected chi connectivity index (χ1v) is 13.4. The normalized spacial score (nSPS) is 16.0. The third-order valence-electron chi connectivity index (χ3n) is 6.90. The molecule has 1 N–H and O–H groups in total. The van der Waals surface area contributed by atoms with Gasteiger partial charge in [-0.05, 0) is 73.0 Å². The van der Waals surface area contributed by atoms with Crippen LogP contribution >= 0.6 is 34.8 Å². The zero-order chi connectivity index (χ0) is 26.4. The zero-order valence-corrected chi connectivity index (χ0v) is 22.4. The highest BCUT2D eigenvalue weighted by Gasteiger charge is 2.40. The molecule has 1 atom stereocenters. The maximum atomic E-state index is 14.2. The summed E-state index contributed by atoms with van der Waals surface area (Å²) in [6.07, 6.45) is 3.68. The highest BCUT2D eigenvalue weighted by Crippen LogP contribution is 2.43. The molecule has 0 radical (unpaired) electrons. The number of nitrogens with zero attached hydrogens (tertiary/aromatic N) is 3. The van der Waals surface area contributed by atoms with Crippen molar-refractivity contribution >= 4 is 58.1 Å². The molecule has 1 aliphatic carbocycles. The first kappa shape index (κ1) is 24.9. The number of amides is 3. The fourth-order valence-corrected chi connectivity index (χ4v) is 5.56. The Hall–Kier alpha value is -3.45. The molecule has 1 saturated carbocycles. The number of fused-ring (bicyclic) bond motifs is 3. The second kappa shape index (κ2) is 10.0. The minimum Gasteiger partial charge on any atom is -0.316 e. The number of para-hydroxylation sites is 2. The van der Waals surface area contributed by atoms with Gasteiger partial charge in [0.25, 0.3) is 0 Å². The summed E-state index contributed by atoms with van der Waals surface area (Å²) in [5.41, 5.74) is 4.00. The third kappa shape index (κ3) is 4.64. The van der Waals surface area contributed by atoms with Gasteiger partial charge < -0.3 is 14.8 Å². The zero-order valence-electron chi connectivity index (χ0n) is 20.2. The number of carbonyl (C=O) groups is 2. The number of rotatable bonds is 5. The molecule has 1 aromatic heterocycles. The largest absolute Gasteiger partial charge is 0.322 e. The minimum absolute atomic E-state index is 0.0112. The van der Waals surface area contributed by atoms with Crippen molar-refractivity contribution in [3.63, 3.8) is 0 Å². The topological polar surface area (TPSA) is 57.6 Å². The van der Waals surface area contributed by atoms with Crippen LogP contribution in [0.2, 0.25) is 15.1 Å². The molecule has 0 spiro atoms. The molecular formula is C29H23Cl3N4O2. The van der Waals surface area contributed by atoms with E-state index in [9.17, 15) is 9.59 Å². The second-order valence-electron chi connectivity index (χ2n) is 9.42. The van der Waals surface area contributed by atoms with Crippen LogP contribution < -0.4 is 10.2 Å². The van der Waals surface area contributed by atoms with E-state index in [0.717, 1.165) is 35.5 Å². The molecule has 9 heteroatoms. The van der Waals surface area contributed by atoms with Gasteiger partial charge in [0.1, 0.15) is 12.6 Å². The Balaban J connectivity index is 1.35. The van der Waals surface area contributed by atoms with E-state index in [2.05, 4.69) is 9.88 Å². The number of hydrogen-bond donors (Lipinski definition) is 1. The van der Waals surface area contributed by atoms with Crippen molar-refractivity contribution in [2.45, 2.75) is 24.9 Å². The summed E-state index contributed by atoms with van der Waals surface area (Å²) >= 11 is 18.5. The van der Waals surface area contributed by atoms with Crippen LogP contribution in [-0.4, -0.2) is 34.0 Å². The van der Waals surface area contributed by atoms with Crippen LogP contribution in [0.3, 0.4) is 0 Å². The highest BCUT2D eigenvalue weighted by atomic mass is 35.5. The SMILES string of the molecule is O=C(Nc1ccc(Cl)cc1Cl)N(CC(=O)N1c2ccccc2-n2cccc2[C@H]1c1ccc(Cl)cc1)C1CC1. The summed E-state index contributed by atoms with van der Waals surface area (Å²) < 4.78 is 2.10. The van der Waals surface area contributed by atoms with Gasteiger partial charge in [0.05, 0.1) is 27.8 Å². The Kier molecular flexibility index (Phi) is 6.56. The van der Waals surface area contributed by atoms with E-state index in [-0.39, 0.29) is 30.6 Å². The Morgan fingerprint density at radius 2 is 1.58 bits per heavy atom. The maximum absolute atomic E-state index is 14.2. The molecule has 6 rings (SSSR count). The van der Waals surface area contributed by atoms with Crippen molar-refractivity contribution in [1.82, 2.24) is 9.47 Å². The van der Waals surface area contributed by atoms with E-state index in [1.807, 2.05) is 66.9 Å². The Morgan fingerprint density at radius 1 is 0.868 bits per heavy atom. The Bertz CT molecular complexity index is 1530. The summed E-state index contributed by atoms with van der Waals surface area (Å²) in [7, 11) is 0. The third-order valence-corrected chi connectivity index (χ3v) is 7.70. The van der Waals surface area contributed by atoms with Crippen LogP contribution in [0.25, 0.3) is 5.69 Å². The van der Waals surface area contributed by atoms with E-state index in [1.165, 1.54) is 0 Å². The summed E-state index contributed by atoms with van der Waals surface area (Å²) in [5, 5.41) is 4.29. The fraction of sp³-hybridized carbons (Fsp3) is 0.172. The maximum Gasteiger partial charge on any atom is 0.322 e. The molecule has 0 saturated heterocycles. The van der Waals surface area contributed by atoms with E-state index in [1.54, 1.807) is 28.0 Å². The van der Waals surface area contributed by atoms with Gasteiger partial charge in [-0.25, -0.2) is 4.79 Å². The van der Waals surface area contributed by atoms with Gasteiger partial charge in [-0.3, -0.25) is 9.69 Å². The van der Waals surface area contributed by atoms with Crippen LogP contribution in [-0.2, 0) is 4.79 Å². The summed E-state index contributed by atoms with van der Waals surface area (Å²) in [5.74, 6) is -0.186. The lowest BCUT2D eigenvalue weighted by atomic mass is 9.97. The second-order valence-corrected chi connectivity index (χ2v) is 10.7. The highest BCUT2D eigenvalue weighted by molar-refractivity contribution is 6.36. The average Bonchev–Trinajstić information content (AvgIpc) is 3.63. The molecule has 2 aliphatic rings. The molecule has 1 fully saturated rings. The summed E-state index contributed by atoms with van der Waals surface area (Å²) in [6, 6.07) is 23.4. The van der Waals surface area contributed by atoms with Crippen molar-refractivity contribution in [2.75, 3.05) is 16.8 Å². The van der Waals surface area contributed by atoms with Crippen molar-refractivity contribution in [3.05, 3.63) is 111 Å². The van der Waals surface area contributed by atoms with Gasteiger partial charge >= 0.3 is 6.03 Å². The van der Waals surface area contributed by atoms with Crippen molar-refractivity contribution in [2.24, 2.45) is 0 Å². The van der Waals surface area contributed by atoms with Crippen molar-refractivity contribution < 1.29 is 9.59 Å². The van der Waals surface area contributed by atoms with Crippen LogP contribution in [0.5, 0.6) is 0 Å². The lowest BCUT2D eigenvalue weighted by molar-refractivity contribution is -0.119. The van der Waals surface area contributed by atoms with Gasteiger partial charge in [0.15, 0.2) is 0 Å². The molecule has 3 amide bonds. The number of urea groups is 1. The fourth-order valence-electron chi connectivity index (χ4n) is 4.98. The van der Waals surface area contributed by atoms with Gasteiger partial charge in [0.2, 0.25) is 5.91 Å². The number of nitrogens with one attached hydrogen (secondary N) is 1. The lowest BCUT2D eigenvalue weighted by Crippen LogP contribution is -2.48. The predicted molar refractivity (Wildman–Crippen MR) is 152 cm³/mol. The number of halogens is 3. The number of carbonyl (C=O) groups excluding carboxylic acids is 2. The van der Waals surface area contributed by atoms with Crippen LogP contribution in [0.1, 0.15) is 30.1 Å². The van der Waals surface area contributed by atoms with Gasteiger partial charge in [-0.1, -0.05) is 59.1 Å². The molecule has 2 heterocycles. The van der Waals surface area contributed by atoms with E-state index >= 15 is 0 Å². The molecule has 6 nitrogen and oxygen atoms in total. The molecule has 38 heavy (non-hydrogen) atoms. The van der Waals surface area contributed by atoms with Crippen molar-refractivity contribution in [3.8, 4) is 5.69 Å². The van der Waals surface area contributed by atoms with Gasteiger partial charge in [0, 0.05) is 22.3 Å². The van der Waals surface area contributed by atoms with Crippen LogP contribution in [0.15, 0.2) is 85.1 Å². The molecule has 1 aliphatic heterocycles. The molecule has 4 aromatic rings. The standard InChI is InChI=1S/C29H23Cl3N4O2/c30-19-9-7-18(8-10-19)28-26-6-3-15-34(26)24-4-1-2-5-25(24)36(28)27(37)17-35(21-12-13-21)29(38)33-23-14-11-20(31)16-22(23)32/h1-11,14-16,21,28H,12-13,17H2,(H,33,38)/t28-/m1/s1. The molecule has 0 unspecified atom stereocenters. The average molecular weight is 566 g/mol. The lowest BCUT2D eigenvalue weighted by Gasteiger charge is -2.39. The van der Waals surface area contributed by atoms with Crippen LogP contribution in [0.4, 0.5) is 16.2 Å². The molecule has 0 bridgehead atoms. The molecular weight excluding hydrogens is 543 g/mol. The number of benzene rings is 3. The van der Waals surface area contributed by atoms with E-state index < -0.39 is 0 Å². The van der Waals surface area contributed by atoms with E-state index in [4.69, 9.17) is 34.8 Å². The van der Waals surface area contributed by atoms with E-state index in [0.29, 0.717) is 20.8 Å². The Morgan fingerprint density at radius 3 is 2.29 bits per heavy atom. The van der Waals surface area contributed by atoms with Crippen molar-refractivity contribution in [1.29, 1.82) is 0 Å². The quantitative estimate of drug-likeness (QED) is 0.271. The first-order valence-electron chi connectivity index (χ1n) is 12.3. The van der Waals surface area contributed by atoms with Crippen LogP contribution in [0, 0.1) is 0 Å². The summed E-state index contributed by atoms with van der Waals surface area (Å²) in [6.45, 7) is -0.0825.